The summed E-state index contributed by atoms with van der Waals surface area (Å²) in [5.74, 6) is -0.562. The molecule has 7 heteroatoms. The van der Waals surface area contributed by atoms with Crippen molar-refractivity contribution in [3.8, 4) is 0 Å². The number of aliphatic hydroxyl groups is 1. The van der Waals surface area contributed by atoms with Crippen LogP contribution in [0.3, 0.4) is 0 Å². The van der Waals surface area contributed by atoms with Crippen molar-refractivity contribution in [2.75, 3.05) is 5.75 Å². The van der Waals surface area contributed by atoms with Crippen LogP contribution in [0, 0.1) is 0 Å². The van der Waals surface area contributed by atoms with E-state index in [1.807, 2.05) is 6.92 Å². The molecule has 2 rings (SSSR count). The fourth-order valence-corrected chi connectivity index (χ4v) is 3.82. The third-order valence-electron chi connectivity index (χ3n) is 3.78. The Kier molecular flexibility index (Phi) is 4.57. The van der Waals surface area contributed by atoms with Crippen LogP contribution in [0.1, 0.15) is 32.6 Å². The van der Waals surface area contributed by atoms with E-state index in [4.69, 9.17) is 5.11 Å². The molecule has 1 aliphatic heterocycles. The Balaban J connectivity index is 1.99. The second-order valence-electron chi connectivity index (χ2n) is 5.10. The molecule has 3 N–H and O–H groups in total. The summed E-state index contributed by atoms with van der Waals surface area (Å²) in [4.78, 5) is 24.7. The summed E-state index contributed by atoms with van der Waals surface area (Å²) in [6.45, 7) is 1.82. The minimum absolute atomic E-state index is 0.151. The van der Waals surface area contributed by atoms with Gasteiger partial charge in [-0.3, -0.25) is 4.90 Å². The van der Waals surface area contributed by atoms with Crippen molar-refractivity contribution in [2.45, 2.75) is 56.2 Å². The smallest absolute Gasteiger partial charge is 0.327 e. The quantitative estimate of drug-likeness (QED) is 0.701. The fraction of sp³-hybridized carbons (Fsp3) is 0.833. The maximum absolute atomic E-state index is 12.2. The summed E-state index contributed by atoms with van der Waals surface area (Å²) in [5.41, 5.74) is 0. The number of carbonyl (C=O) groups is 2. The molecule has 1 saturated carbocycles. The number of urea groups is 1. The van der Waals surface area contributed by atoms with Crippen LogP contribution in [0.25, 0.3) is 0 Å². The molecule has 4 atom stereocenters. The lowest BCUT2D eigenvalue weighted by Crippen LogP contribution is -2.54. The highest BCUT2D eigenvalue weighted by Crippen LogP contribution is 2.29. The third-order valence-corrected chi connectivity index (χ3v) is 5.00. The largest absolute Gasteiger partial charge is 0.480 e. The zero-order valence-corrected chi connectivity index (χ0v) is 11.7. The highest BCUT2D eigenvalue weighted by Gasteiger charge is 2.40. The van der Waals surface area contributed by atoms with Gasteiger partial charge in [-0.25, -0.2) is 9.59 Å². The number of carbonyl (C=O) groups excluding carboxylic acids is 1. The van der Waals surface area contributed by atoms with Crippen LogP contribution < -0.4 is 5.32 Å². The topological polar surface area (TPSA) is 89.9 Å². The van der Waals surface area contributed by atoms with Crippen LogP contribution >= 0.6 is 11.8 Å². The number of aliphatic hydroxyl groups excluding tert-OH is 1. The normalized spacial score (nSPS) is 35.2. The Bertz CT molecular complexity index is 366. The molecule has 0 bridgehead atoms. The summed E-state index contributed by atoms with van der Waals surface area (Å²) in [6.07, 6.45) is 2.87. The van der Waals surface area contributed by atoms with E-state index in [9.17, 15) is 14.7 Å². The van der Waals surface area contributed by atoms with E-state index in [1.165, 1.54) is 16.7 Å². The number of hydrogen-bond acceptors (Lipinski definition) is 4. The van der Waals surface area contributed by atoms with Crippen LogP contribution in [0.4, 0.5) is 4.79 Å². The van der Waals surface area contributed by atoms with Crippen LogP contribution in [-0.2, 0) is 4.79 Å². The lowest BCUT2D eigenvalue weighted by Gasteiger charge is -2.32. The Morgan fingerprint density at radius 1 is 1.32 bits per heavy atom. The first-order valence-electron chi connectivity index (χ1n) is 6.62. The van der Waals surface area contributed by atoms with E-state index in [-0.39, 0.29) is 17.4 Å². The predicted octanol–water partition coefficient (Wildman–Crippen LogP) is 0.847. The van der Waals surface area contributed by atoms with Gasteiger partial charge in [0.15, 0.2) is 0 Å². The summed E-state index contributed by atoms with van der Waals surface area (Å²) in [5, 5.41) is 21.6. The lowest BCUT2D eigenvalue weighted by atomic mass is 9.93. The van der Waals surface area contributed by atoms with E-state index >= 15 is 0 Å². The molecule has 19 heavy (non-hydrogen) atoms. The second kappa shape index (κ2) is 6.00. The molecule has 0 aromatic heterocycles. The van der Waals surface area contributed by atoms with E-state index < -0.39 is 18.1 Å². The maximum Gasteiger partial charge on any atom is 0.327 e. The molecule has 0 spiro atoms. The van der Waals surface area contributed by atoms with Crippen LogP contribution in [0.2, 0.25) is 0 Å². The van der Waals surface area contributed by atoms with Crippen molar-refractivity contribution in [3.05, 3.63) is 0 Å². The molecule has 108 valence electrons. The number of thioether (sulfide) groups is 1. The number of carboxylic acid groups (broad SMARTS) is 1. The van der Waals surface area contributed by atoms with Crippen molar-refractivity contribution in [2.24, 2.45) is 0 Å². The van der Waals surface area contributed by atoms with Crippen LogP contribution in [0.15, 0.2) is 0 Å². The first kappa shape index (κ1) is 14.5. The molecular weight excluding hydrogens is 268 g/mol. The van der Waals surface area contributed by atoms with Crippen molar-refractivity contribution in [3.63, 3.8) is 0 Å². The summed E-state index contributed by atoms with van der Waals surface area (Å²) in [7, 11) is 0. The van der Waals surface area contributed by atoms with Crippen molar-refractivity contribution in [1.82, 2.24) is 10.2 Å². The second-order valence-corrected chi connectivity index (χ2v) is 6.45. The van der Waals surface area contributed by atoms with E-state index in [0.29, 0.717) is 12.2 Å². The van der Waals surface area contributed by atoms with Gasteiger partial charge in [0.25, 0.3) is 0 Å². The molecule has 1 saturated heterocycles. The monoisotopic (exact) mass is 288 g/mol. The number of carboxylic acids is 1. The van der Waals surface area contributed by atoms with Gasteiger partial charge in [0.05, 0.1) is 17.5 Å². The van der Waals surface area contributed by atoms with Gasteiger partial charge in [0.2, 0.25) is 0 Å². The molecule has 0 radical (unpaired) electrons. The SMILES string of the molecule is CC1SCC(C(=O)O)N1C(=O)NC1CCCCC1O. The third kappa shape index (κ3) is 3.14. The average molecular weight is 288 g/mol. The summed E-state index contributed by atoms with van der Waals surface area (Å²) in [6, 6.07) is -1.41. The van der Waals surface area contributed by atoms with Gasteiger partial charge in [0.1, 0.15) is 6.04 Å². The molecule has 0 aromatic rings. The highest BCUT2D eigenvalue weighted by atomic mass is 32.2. The van der Waals surface area contributed by atoms with Crippen molar-refractivity contribution >= 4 is 23.8 Å². The molecule has 2 aliphatic rings. The Hall–Kier alpha value is -0.950. The molecule has 4 unspecified atom stereocenters. The molecule has 6 nitrogen and oxygen atoms in total. The predicted molar refractivity (Wildman–Crippen MR) is 72.0 cm³/mol. The number of nitrogens with one attached hydrogen (secondary N) is 1. The van der Waals surface area contributed by atoms with Gasteiger partial charge in [-0.05, 0) is 19.8 Å². The molecule has 0 aromatic carbocycles. The standard InChI is InChI=1S/C12H20N2O4S/c1-7-14(9(6-19-7)11(16)17)12(18)13-8-4-2-3-5-10(8)15/h7-10,15H,2-6H2,1H3,(H,13,18)(H,16,17). The van der Waals surface area contributed by atoms with Crippen LogP contribution in [-0.4, -0.2) is 56.4 Å². The van der Waals surface area contributed by atoms with Crippen LogP contribution in [0.5, 0.6) is 0 Å². The molecule has 1 aliphatic carbocycles. The first-order chi connectivity index (χ1) is 9.00. The maximum atomic E-state index is 12.2. The van der Waals surface area contributed by atoms with Crippen molar-refractivity contribution in [1.29, 1.82) is 0 Å². The van der Waals surface area contributed by atoms with Gasteiger partial charge in [-0.1, -0.05) is 12.8 Å². The van der Waals surface area contributed by atoms with E-state index in [2.05, 4.69) is 5.32 Å². The van der Waals surface area contributed by atoms with Crippen molar-refractivity contribution < 1.29 is 19.8 Å². The zero-order valence-electron chi connectivity index (χ0n) is 10.9. The Morgan fingerprint density at radius 2 is 2.00 bits per heavy atom. The number of hydrogen-bond donors (Lipinski definition) is 3. The molecular formula is C12H20N2O4S. The number of amides is 2. The average Bonchev–Trinajstić information content (AvgIpc) is 2.74. The fourth-order valence-electron chi connectivity index (χ4n) is 2.65. The first-order valence-corrected chi connectivity index (χ1v) is 7.67. The molecule has 2 fully saturated rings. The van der Waals surface area contributed by atoms with E-state index in [1.54, 1.807) is 0 Å². The Labute approximate surface area is 116 Å². The molecule has 2 amide bonds. The minimum Gasteiger partial charge on any atom is -0.480 e. The van der Waals surface area contributed by atoms with Gasteiger partial charge in [-0.15, -0.1) is 11.8 Å². The number of rotatable bonds is 2. The van der Waals surface area contributed by atoms with E-state index in [0.717, 1.165) is 19.3 Å². The lowest BCUT2D eigenvalue weighted by molar-refractivity contribution is -0.141. The highest BCUT2D eigenvalue weighted by molar-refractivity contribution is 8.00. The Morgan fingerprint density at radius 3 is 2.63 bits per heavy atom. The van der Waals surface area contributed by atoms with Gasteiger partial charge < -0.3 is 15.5 Å². The minimum atomic E-state index is -0.976. The molecule has 1 heterocycles. The summed E-state index contributed by atoms with van der Waals surface area (Å²) >= 11 is 1.45. The zero-order chi connectivity index (χ0) is 14.0. The number of nitrogens with zero attached hydrogens (tertiary/aromatic N) is 1. The number of aliphatic carboxylic acids is 1. The van der Waals surface area contributed by atoms with Gasteiger partial charge >= 0.3 is 12.0 Å². The summed E-state index contributed by atoms with van der Waals surface area (Å²) < 4.78 is 0. The van der Waals surface area contributed by atoms with Gasteiger partial charge in [-0.2, -0.15) is 0 Å². The van der Waals surface area contributed by atoms with Gasteiger partial charge in [0, 0.05) is 5.75 Å².